The SMILES string of the molecule is CCOC(=O)c1c(NC(=O)CN2CC3(C)CC2CC(C)(C)C3)sc2c1CCCC2. The zero-order chi connectivity index (χ0) is 20.8. The Morgan fingerprint density at radius 3 is 2.72 bits per heavy atom. The van der Waals surface area contributed by atoms with Gasteiger partial charge in [0.2, 0.25) is 5.91 Å². The molecule has 1 amide bonds. The van der Waals surface area contributed by atoms with Crippen LogP contribution in [0.25, 0.3) is 0 Å². The fourth-order valence-corrected chi connectivity index (χ4v) is 7.48. The van der Waals surface area contributed by atoms with Crippen LogP contribution in [0.5, 0.6) is 0 Å². The minimum atomic E-state index is -0.298. The van der Waals surface area contributed by atoms with Crippen molar-refractivity contribution in [3.8, 4) is 0 Å². The van der Waals surface area contributed by atoms with Gasteiger partial charge >= 0.3 is 5.97 Å². The molecule has 2 atom stereocenters. The molecular formula is C23H34N2O3S. The third kappa shape index (κ3) is 4.24. The predicted molar refractivity (Wildman–Crippen MR) is 117 cm³/mol. The molecule has 1 N–H and O–H groups in total. The molecule has 0 radical (unpaired) electrons. The van der Waals surface area contributed by atoms with Crippen LogP contribution >= 0.6 is 11.3 Å². The Balaban J connectivity index is 1.49. The van der Waals surface area contributed by atoms with Crippen LogP contribution in [0.1, 0.15) is 80.6 Å². The first-order valence-electron chi connectivity index (χ1n) is 11.1. The monoisotopic (exact) mass is 418 g/mol. The van der Waals surface area contributed by atoms with Crippen molar-refractivity contribution in [2.75, 3.05) is 25.0 Å². The average molecular weight is 419 g/mol. The van der Waals surface area contributed by atoms with Gasteiger partial charge < -0.3 is 10.1 Å². The molecular weight excluding hydrogens is 384 g/mol. The second-order valence-electron chi connectivity index (χ2n) is 10.3. The molecule has 2 bridgehead atoms. The van der Waals surface area contributed by atoms with Crippen molar-refractivity contribution in [3.05, 3.63) is 16.0 Å². The molecule has 1 aromatic heterocycles. The number of likely N-dealkylation sites (tertiary alicyclic amines) is 1. The lowest BCUT2D eigenvalue weighted by Crippen LogP contribution is -2.38. The predicted octanol–water partition coefficient (Wildman–Crippen LogP) is 4.64. The van der Waals surface area contributed by atoms with E-state index in [-0.39, 0.29) is 11.9 Å². The van der Waals surface area contributed by atoms with Gasteiger partial charge in [0.05, 0.1) is 18.7 Å². The maximum atomic E-state index is 13.0. The van der Waals surface area contributed by atoms with Gasteiger partial charge in [-0.15, -0.1) is 11.3 Å². The number of carbonyl (C=O) groups is 2. The van der Waals surface area contributed by atoms with Crippen LogP contribution in [0.3, 0.4) is 0 Å². The topological polar surface area (TPSA) is 58.6 Å². The number of anilines is 1. The van der Waals surface area contributed by atoms with Crippen LogP contribution in [0.2, 0.25) is 0 Å². The van der Waals surface area contributed by atoms with Gasteiger partial charge in [-0.2, -0.15) is 0 Å². The van der Waals surface area contributed by atoms with Crippen LogP contribution in [-0.4, -0.2) is 42.5 Å². The molecule has 1 aliphatic heterocycles. The van der Waals surface area contributed by atoms with E-state index in [0.29, 0.717) is 40.6 Å². The van der Waals surface area contributed by atoms with E-state index in [1.54, 1.807) is 11.3 Å². The van der Waals surface area contributed by atoms with Gasteiger partial charge in [0.25, 0.3) is 0 Å². The van der Waals surface area contributed by atoms with E-state index in [4.69, 9.17) is 4.74 Å². The molecule has 2 aliphatic carbocycles. The van der Waals surface area contributed by atoms with Gasteiger partial charge in [-0.25, -0.2) is 4.79 Å². The molecule has 5 nitrogen and oxygen atoms in total. The van der Waals surface area contributed by atoms with Crippen molar-refractivity contribution in [2.24, 2.45) is 10.8 Å². The molecule has 29 heavy (non-hydrogen) atoms. The Morgan fingerprint density at radius 2 is 1.97 bits per heavy atom. The van der Waals surface area contributed by atoms with Gasteiger partial charge in [-0.05, 0) is 68.3 Å². The molecule has 2 unspecified atom stereocenters. The second-order valence-corrected chi connectivity index (χ2v) is 11.4. The number of nitrogens with zero attached hydrogens (tertiary/aromatic N) is 1. The number of ether oxygens (including phenoxy) is 1. The highest BCUT2D eigenvalue weighted by atomic mass is 32.1. The number of thiophene rings is 1. The molecule has 0 spiro atoms. The summed E-state index contributed by atoms with van der Waals surface area (Å²) >= 11 is 1.57. The minimum absolute atomic E-state index is 0.0110. The van der Waals surface area contributed by atoms with Crippen LogP contribution in [0, 0.1) is 10.8 Å². The highest BCUT2D eigenvalue weighted by molar-refractivity contribution is 7.17. The van der Waals surface area contributed by atoms with Crippen LogP contribution in [0.4, 0.5) is 5.00 Å². The summed E-state index contributed by atoms with van der Waals surface area (Å²) in [5, 5.41) is 3.77. The number of hydrogen-bond donors (Lipinski definition) is 1. The Labute approximate surface area is 178 Å². The van der Waals surface area contributed by atoms with E-state index < -0.39 is 0 Å². The summed E-state index contributed by atoms with van der Waals surface area (Å²) in [6, 6.07) is 0.482. The highest BCUT2D eigenvalue weighted by Gasteiger charge is 2.49. The molecule has 1 saturated heterocycles. The lowest BCUT2D eigenvalue weighted by Gasteiger charge is -2.39. The largest absolute Gasteiger partial charge is 0.462 e. The van der Waals surface area contributed by atoms with Crippen molar-refractivity contribution in [1.82, 2.24) is 4.90 Å². The molecule has 0 aromatic carbocycles. The van der Waals surface area contributed by atoms with Crippen LogP contribution in [-0.2, 0) is 22.4 Å². The lowest BCUT2D eigenvalue weighted by molar-refractivity contribution is -0.117. The summed E-state index contributed by atoms with van der Waals surface area (Å²) in [5.41, 5.74) is 2.35. The van der Waals surface area contributed by atoms with Gasteiger partial charge in [-0.1, -0.05) is 20.8 Å². The van der Waals surface area contributed by atoms with E-state index >= 15 is 0 Å². The number of nitrogens with one attached hydrogen (secondary N) is 1. The Hall–Kier alpha value is -1.40. The average Bonchev–Trinajstić information content (AvgIpc) is 3.07. The Morgan fingerprint density at radius 1 is 1.21 bits per heavy atom. The second kappa shape index (κ2) is 7.69. The summed E-state index contributed by atoms with van der Waals surface area (Å²) in [6.07, 6.45) is 7.68. The first-order chi connectivity index (χ1) is 13.7. The summed E-state index contributed by atoms with van der Waals surface area (Å²) in [5.74, 6) is -0.309. The van der Waals surface area contributed by atoms with Gasteiger partial charge in [0.15, 0.2) is 0 Å². The number of rotatable bonds is 5. The summed E-state index contributed by atoms with van der Waals surface area (Å²) in [4.78, 5) is 29.2. The van der Waals surface area contributed by atoms with Crippen LogP contribution in [0.15, 0.2) is 0 Å². The molecule has 2 fully saturated rings. The fourth-order valence-electron chi connectivity index (χ4n) is 6.19. The quantitative estimate of drug-likeness (QED) is 0.708. The molecule has 1 saturated carbocycles. The summed E-state index contributed by atoms with van der Waals surface area (Å²) < 4.78 is 5.31. The fraction of sp³-hybridized carbons (Fsp3) is 0.739. The van der Waals surface area contributed by atoms with Crippen molar-refractivity contribution in [2.45, 2.75) is 78.7 Å². The number of hydrogen-bond acceptors (Lipinski definition) is 5. The van der Waals surface area contributed by atoms with Crippen molar-refractivity contribution in [1.29, 1.82) is 0 Å². The third-order valence-electron chi connectivity index (χ3n) is 6.77. The van der Waals surface area contributed by atoms with E-state index in [9.17, 15) is 9.59 Å². The van der Waals surface area contributed by atoms with Crippen molar-refractivity contribution in [3.63, 3.8) is 0 Å². The van der Waals surface area contributed by atoms with E-state index in [0.717, 1.165) is 44.2 Å². The lowest BCUT2D eigenvalue weighted by atomic mass is 9.65. The maximum absolute atomic E-state index is 13.0. The third-order valence-corrected chi connectivity index (χ3v) is 7.98. The van der Waals surface area contributed by atoms with E-state index in [2.05, 4.69) is 31.0 Å². The molecule has 3 aliphatic rings. The first-order valence-corrected chi connectivity index (χ1v) is 11.9. The Bertz CT molecular complexity index is 815. The standard InChI is InChI=1S/C23H34N2O3S/c1-5-28-21(27)19-16-8-6-7-9-17(16)29-20(19)24-18(26)12-25-14-23(4)11-15(25)10-22(2,3)13-23/h15H,5-14H2,1-4H3,(H,24,26). The number of esters is 1. The maximum Gasteiger partial charge on any atom is 0.341 e. The highest BCUT2D eigenvalue weighted by Crippen LogP contribution is 2.52. The number of aryl methyl sites for hydroxylation is 1. The summed E-state index contributed by atoms with van der Waals surface area (Å²) in [6.45, 7) is 10.6. The Kier molecular flexibility index (Phi) is 5.53. The van der Waals surface area contributed by atoms with Crippen LogP contribution < -0.4 is 5.32 Å². The molecule has 1 aromatic rings. The molecule has 6 heteroatoms. The minimum Gasteiger partial charge on any atom is -0.462 e. The normalized spacial score (nSPS) is 28.1. The number of fused-ring (bicyclic) bond motifs is 3. The van der Waals surface area contributed by atoms with Crippen molar-refractivity contribution < 1.29 is 14.3 Å². The number of carbonyl (C=O) groups excluding carboxylic acids is 2. The number of amides is 1. The zero-order valence-corrected chi connectivity index (χ0v) is 19.0. The van der Waals surface area contributed by atoms with E-state index in [1.165, 1.54) is 17.7 Å². The summed E-state index contributed by atoms with van der Waals surface area (Å²) in [7, 11) is 0. The van der Waals surface area contributed by atoms with Gasteiger partial charge in [-0.3, -0.25) is 9.69 Å². The zero-order valence-electron chi connectivity index (χ0n) is 18.2. The van der Waals surface area contributed by atoms with Gasteiger partial charge in [0.1, 0.15) is 5.00 Å². The van der Waals surface area contributed by atoms with Gasteiger partial charge in [0, 0.05) is 17.5 Å². The smallest absolute Gasteiger partial charge is 0.341 e. The van der Waals surface area contributed by atoms with E-state index in [1.807, 2.05) is 6.92 Å². The molecule has 160 valence electrons. The molecule has 4 rings (SSSR count). The molecule has 2 heterocycles. The van der Waals surface area contributed by atoms with Crippen molar-refractivity contribution >= 4 is 28.2 Å². The first kappa shape index (κ1) is 20.9.